The Morgan fingerprint density at radius 3 is 2.70 bits per heavy atom. The van der Waals surface area contributed by atoms with E-state index in [1.165, 1.54) is 17.8 Å². The molecule has 5 heteroatoms. The van der Waals surface area contributed by atoms with E-state index in [9.17, 15) is 8.78 Å². The molecule has 2 unspecified atom stereocenters. The lowest BCUT2D eigenvalue weighted by Crippen LogP contribution is -2.09. The molecule has 0 aromatic heterocycles. The van der Waals surface area contributed by atoms with Crippen LogP contribution in [0.25, 0.3) is 0 Å². The molecule has 2 atom stereocenters. The molecule has 1 aliphatic rings. The summed E-state index contributed by atoms with van der Waals surface area (Å²) in [5.74, 6) is -0.743. The Balaban J connectivity index is 1.96. The van der Waals surface area contributed by atoms with E-state index in [-0.39, 0.29) is 5.56 Å². The number of hydrogen-bond acceptors (Lipinski definition) is 2. The average molecular weight is 352 g/mol. The summed E-state index contributed by atoms with van der Waals surface area (Å²) in [5, 5.41) is 0.534. The molecule has 0 amide bonds. The van der Waals surface area contributed by atoms with E-state index in [0.29, 0.717) is 15.7 Å². The molecule has 1 heterocycles. The lowest BCUT2D eigenvalue weighted by Gasteiger charge is -2.12. The SMILES string of the molecule is [CH2]C1(c2cc(SCC=C)c(F)cc2F)OC1c1ccccc1Cl. The largest absolute Gasteiger partial charge is 0.356 e. The van der Waals surface area contributed by atoms with Crippen LogP contribution in [0.5, 0.6) is 0 Å². The molecule has 1 radical (unpaired) electrons. The molecule has 0 bridgehead atoms. The van der Waals surface area contributed by atoms with Gasteiger partial charge in [0.25, 0.3) is 0 Å². The molecule has 2 aromatic rings. The topological polar surface area (TPSA) is 12.5 Å². The van der Waals surface area contributed by atoms with Crippen molar-refractivity contribution in [1.82, 2.24) is 0 Å². The first-order chi connectivity index (χ1) is 11.0. The van der Waals surface area contributed by atoms with Gasteiger partial charge in [0, 0.05) is 32.9 Å². The fourth-order valence-electron chi connectivity index (χ4n) is 2.50. The minimum Gasteiger partial charge on any atom is -0.356 e. The Kier molecular flexibility index (Phi) is 4.50. The molecule has 0 N–H and O–H groups in total. The first kappa shape index (κ1) is 16.5. The molecule has 0 spiro atoms. The average Bonchev–Trinajstić information content (AvgIpc) is 3.19. The number of epoxide rings is 1. The van der Waals surface area contributed by atoms with Crippen LogP contribution in [0, 0.1) is 18.6 Å². The van der Waals surface area contributed by atoms with Gasteiger partial charge in [0.15, 0.2) is 0 Å². The summed E-state index contributed by atoms with van der Waals surface area (Å²) in [7, 11) is 0. The Bertz CT molecular complexity index is 765. The third kappa shape index (κ3) is 3.03. The van der Waals surface area contributed by atoms with Crippen molar-refractivity contribution in [3.8, 4) is 0 Å². The van der Waals surface area contributed by atoms with Gasteiger partial charge in [-0.25, -0.2) is 8.78 Å². The molecule has 2 aromatic carbocycles. The van der Waals surface area contributed by atoms with E-state index in [4.69, 9.17) is 16.3 Å². The normalized spacial score (nSPS) is 22.9. The van der Waals surface area contributed by atoms with E-state index in [2.05, 4.69) is 13.5 Å². The second-order valence-corrected chi connectivity index (χ2v) is 6.74. The van der Waals surface area contributed by atoms with Gasteiger partial charge in [0.2, 0.25) is 0 Å². The fraction of sp³-hybridized carbons (Fsp3) is 0.167. The summed E-state index contributed by atoms with van der Waals surface area (Å²) in [4.78, 5) is 0.345. The second kappa shape index (κ2) is 6.27. The highest BCUT2D eigenvalue weighted by molar-refractivity contribution is 7.99. The quantitative estimate of drug-likeness (QED) is 0.389. The van der Waals surface area contributed by atoms with Gasteiger partial charge in [-0.15, -0.1) is 18.3 Å². The van der Waals surface area contributed by atoms with Gasteiger partial charge in [-0.1, -0.05) is 35.9 Å². The molecule has 1 nitrogen and oxygen atoms in total. The van der Waals surface area contributed by atoms with Crippen LogP contribution in [-0.2, 0) is 10.3 Å². The molecule has 119 valence electrons. The number of ether oxygens (including phenoxy) is 1. The van der Waals surface area contributed by atoms with Crippen LogP contribution < -0.4 is 0 Å². The predicted molar refractivity (Wildman–Crippen MR) is 89.6 cm³/mol. The maximum atomic E-state index is 14.3. The smallest absolute Gasteiger partial charge is 0.139 e. The van der Waals surface area contributed by atoms with Gasteiger partial charge in [-0.05, 0) is 19.1 Å². The molecule has 0 aliphatic carbocycles. The van der Waals surface area contributed by atoms with Crippen molar-refractivity contribution >= 4 is 23.4 Å². The maximum Gasteiger partial charge on any atom is 0.139 e. The Morgan fingerprint density at radius 1 is 1.26 bits per heavy atom. The summed E-state index contributed by atoms with van der Waals surface area (Å²) in [6.45, 7) is 7.59. The van der Waals surface area contributed by atoms with E-state index < -0.39 is 23.3 Å². The molecule has 1 aliphatic heterocycles. The third-order valence-corrected chi connectivity index (χ3v) is 5.09. The first-order valence-electron chi connectivity index (χ1n) is 6.98. The lowest BCUT2D eigenvalue weighted by molar-refractivity contribution is 0.327. The predicted octanol–water partition coefficient (Wildman–Crippen LogP) is 5.70. The molecule has 1 fully saturated rings. The van der Waals surface area contributed by atoms with Gasteiger partial charge < -0.3 is 4.74 Å². The van der Waals surface area contributed by atoms with Crippen LogP contribution in [0.1, 0.15) is 17.2 Å². The Labute approximate surface area is 143 Å². The molecule has 3 rings (SSSR count). The summed E-state index contributed by atoms with van der Waals surface area (Å²) < 4.78 is 33.8. The Hall–Kier alpha value is -1.36. The van der Waals surface area contributed by atoms with E-state index in [0.717, 1.165) is 11.6 Å². The van der Waals surface area contributed by atoms with Crippen LogP contribution >= 0.6 is 23.4 Å². The maximum absolute atomic E-state index is 14.3. The van der Waals surface area contributed by atoms with Gasteiger partial charge in [-0.2, -0.15) is 0 Å². The highest BCUT2D eigenvalue weighted by Crippen LogP contribution is 2.58. The number of benzene rings is 2. The molecular formula is C18H14ClF2OS. The van der Waals surface area contributed by atoms with Gasteiger partial charge in [0.05, 0.1) is 0 Å². The van der Waals surface area contributed by atoms with Crippen molar-refractivity contribution in [3.63, 3.8) is 0 Å². The highest BCUT2D eigenvalue weighted by atomic mass is 35.5. The first-order valence-corrected chi connectivity index (χ1v) is 8.34. The van der Waals surface area contributed by atoms with Gasteiger partial charge >= 0.3 is 0 Å². The van der Waals surface area contributed by atoms with Gasteiger partial charge in [0.1, 0.15) is 23.3 Å². The van der Waals surface area contributed by atoms with Crippen molar-refractivity contribution < 1.29 is 13.5 Å². The van der Waals surface area contributed by atoms with Crippen LogP contribution in [0.3, 0.4) is 0 Å². The van der Waals surface area contributed by atoms with E-state index >= 15 is 0 Å². The number of rotatable bonds is 5. The number of thioether (sulfide) groups is 1. The Morgan fingerprint density at radius 2 is 2.00 bits per heavy atom. The minimum atomic E-state index is -1.09. The number of halogens is 3. The summed E-state index contributed by atoms with van der Waals surface area (Å²) in [5.41, 5.74) is -0.115. The summed E-state index contributed by atoms with van der Waals surface area (Å²) in [6.07, 6.45) is 1.21. The van der Waals surface area contributed by atoms with Crippen LogP contribution in [-0.4, -0.2) is 5.75 Å². The van der Waals surface area contributed by atoms with Crippen LogP contribution in [0.15, 0.2) is 53.9 Å². The monoisotopic (exact) mass is 351 g/mol. The van der Waals surface area contributed by atoms with Crippen LogP contribution in [0.4, 0.5) is 8.78 Å². The summed E-state index contributed by atoms with van der Waals surface area (Å²) >= 11 is 7.41. The standard InChI is InChI=1S/C18H14ClF2OS/c1-3-8-23-16-9-12(14(20)10-15(16)21)18(2)17(22-18)11-6-4-5-7-13(11)19/h3-7,9-10,17H,1-2,8H2. The fourth-order valence-corrected chi connectivity index (χ4v) is 3.43. The van der Waals surface area contributed by atoms with Crippen molar-refractivity contribution in [3.05, 3.63) is 83.8 Å². The molecular weight excluding hydrogens is 338 g/mol. The van der Waals surface area contributed by atoms with Crippen molar-refractivity contribution in [2.75, 3.05) is 5.75 Å². The zero-order valence-electron chi connectivity index (χ0n) is 12.2. The molecule has 23 heavy (non-hydrogen) atoms. The third-order valence-electron chi connectivity index (χ3n) is 3.72. The minimum absolute atomic E-state index is 0.232. The van der Waals surface area contributed by atoms with E-state index in [1.807, 2.05) is 18.2 Å². The van der Waals surface area contributed by atoms with Gasteiger partial charge in [-0.3, -0.25) is 0 Å². The highest BCUT2D eigenvalue weighted by Gasteiger charge is 2.56. The van der Waals surface area contributed by atoms with Crippen LogP contribution in [0.2, 0.25) is 5.02 Å². The van der Waals surface area contributed by atoms with Crippen molar-refractivity contribution in [1.29, 1.82) is 0 Å². The van der Waals surface area contributed by atoms with Crippen molar-refractivity contribution in [2.45, 2.75) is 16.6 Å². The lowest BCUT2D eigenvalue weighted by atomic mass is 9.93. The zero-order chi connectivity index (χ0) is 16.6. The van der Waals surface area contributed by atoms with E-state index in [1.54, 1.807) is 12.1 Å². The number of hydrogen-bond donors (Lipinski definition) is 0. The summed E-state index contributed by atoms with van der Waals surface area (Å²) in [6, 6.07) is 9.53. The molecule has 1 saturated heterocycles. The zero-order valence-corrected chi connectivity index (χ0v) is 13.8. The van der Waals surface area contributed by atoms with Crippen molar-refractivity contribution in [2.24, 2.45) is 0 Å². The second-order valence-electron chi connectivity index (χ2n) is 5.27. The molecule has 0 saturated carbocycles.